The Kier molecular flexibility index (Phi) is 4.41. The van der Waals surface area contributed by atoms with Crippen LogP contribution in [0, 0.1) is 31.6 Å². The number of hydrogen-bond donors (Lipinski definition) is 0. The van der Waals surface area contributed by atoms with Gasteiger partial charge in [-0.2, -0.15) is 5.10 Å². The lowest BCUT2D eigenvalue weighted by atomic mass is 9.93. The average molecular weight is 345 g/mol. The lowest BCUT2D eigenvalue weighted by molar-refractivity contribution is -0.0592. The summed E-state index contributed by atoms with van der Waals surface area (Å²) < 4.78 is 13.0. The molecule has 6 heteroatoms. The summed E-state index contributed by atoms with van der Waals surface area (Å²) in [5.41, 5.74) is 2.42. The summed E-state index contributed by atoms with van der Waals surface area (Å²) in [5, 5.41) is 4.41. The number of aryl methyl sites for hydroxylation is 2. The predicted molar refractivity (Wildman–Crippen MR) is 93.1 cm³/mol. The fraction of sp³-hybridized carbons (Fsp3) is 0.684. The molecule has 1 aromatic heterocycles. The SMILES string of the molecule is Cc1nn(C)c(C)c1C(=O)N(CC1OCCO1)CC1CC2C=CC1C2. The van der Waals surface area contributed by atoms with Crippen molar-refractivity contribution in [3.63, 3.8) is 0 Å². The first-order valence-corrected chi connectivity index (χ1v) is 9.24. The van der Waals surface area contributed by atoms with Crippen molar-refractivity contribution in [2.45, 2.75) is 33.0 Å². The van der Waals surface area contributed by atoms with Gasteiger partial charge < -0.3 is 14.4 Å². The zero-order valence-electron chi connectivity index (χ0n) is 15.3. The number of carbonyl (C=O) groups is 1. The molecule has 2 fully saturated rings. The maximum absolute atomic E-state index is 13.3. The average Bonchev–Trinajstić information content (AvgIpc) is 3.34. The molecule has 1 saturated carbocycles. The van der Waals surface area contributed by atoms with Crippen molar-refractivity contribution in [2.24, 2.45) is 24.8 Å². The Hall–Kier alpha value is -1.66. The Balaban J connectivity index is 1.55. The third-order valence-electron chi connectivity index (χ3n) is 5.94. The van der Waals surface area contributed by atoms with E-state index in [1.54, 1.807) is 4.68 Å². The Bertz CT molecular complexity index is 690. The summed E-state index contributed by atoms with van der Waals surface area (Å²) in [4.78, 5) is 15.3. The number of ether oxygens (including phenoxy) is 2. The lowest BCUT2D eigenvalue weighted by Gasteiger charge is -2.30. The van der Waals surface area contributed by atoms with E-state index < -0.39 is 0 Å². The Morgan fingerprint density at radius 2 is 2.00 bits per heavy atom. The van der Waals surface area contributed by atoms with E-state index in [0.717, 1.165) is 23.5 Å². The van der Waals surface area contributed by atoms with Gasteiger partial charge in [0.25, 0.3) is 5.91 Å². The van der Waals surface area contributed by atoms with Gasteiger partial charge >= 0.3 is 0 Å². The lowest BCUT2D eigenvalue weighted by Crippen LogP contribution is -2.42. The van der Waals surface area contributed by atoms with Crippen LogP contribution in [0.5, 0.6) is 0 Å². The smallest absolute Gasteiger partial charge is 0.257 e. The van der Waals surface area contributed by atoms with Crippen LogP contribution in [-0.2, 0) is 16.5 Å². The molecular weight excluding hydrogens is 318 g/mol. The van der Waals surface area contributed by atoms with Gasteiger partial charge in [-0.05, 0) is 44.4 Å². The first-order valence-electron chi connectivity index (χ1n) is 9.24. The minimum absolute atomic E-state index is 0.0500. The second kappa shape index (κ2) is 6.57. The summed E-state index contributed by atoms with van der Waals surface area (Å²) >= 11 is 0. The molecule has 3 aliphatic rings. The Morgan fingerprint density at radius 3 is 2.56 bits per heavy atom. The standard InChI is InChI=1S/C19H27N3O3/c1-12-18(13(2)21(3)20-12)19(23)22(11-17-24-6-7-25-17)10-16-9-14-4-5-15(16)8-14/h4-5,14-17H,6-11H2,1-3H3. The summed E-state index contributed by atoms with van der Waals surface area (Å²) in [6.07, 6.45) is 6.79. The van der Waals surface area contributed by atoms with Gasteiger partial charge in [0.2, 0.25) is 0 Å². The molecule has 1 saturated heterocycles. The van der Waals surface area contributed by atoms with Crippen molar-refractivity contribution < 1.29 is 14.3 Å². The van der Waals surface area contributed by atoms with Crippen LogP contribution in [0.4, 0.5) is 0 Å². The molecule has 1 amide bonds. The summed E-state index contributed by atoms with van der Waals surface area (Å²) in [5.74, 6) is 1.90. The van der Waals surface area contributed by atoms with Crippen LogP contribution in [0.15, 0.2) is 12.2 Å². The quantitative estimate of drug-likeness (QED) is 0.767. The molecule has 4 rings (SSSR count). The van der Waals surface area contributed by atoms with Gasteiger partial charge in [0, 0.05) is 19.3 Å². The molecule has 6 nitrogen and oxygen atoms in total. The van der Waals surface area contributed by atoms with E-state index in [9.17, 15) is 4.79 Å². The first kappa shape index (κ1) is 16.8. The number of amides is 1. The molecule has 25 heavy (non-hydrogen) atoms. The largest absolute Gasteiger partial charge is 0.348 e. The zero-order chi connectivity index (χ0) is 17.6. The fourth-order valence-electron chi connectivity index (χ4n) is 4.56. The number of aromatic nitrogens is 2. The minimum Gasteiger partial charge on any atom is -0.348 e. The topological polar surface area (TPSA) is 56.6 Å². The molecule has 2 bridgehead atoms. The van der Waals surface area contributed by atoms with Crippen molar-refractivity contribution in [2.75, 3.05) is 26.3 Å². The van der Waals surface area contributed by atoms with Gasteiger partial charge in [-0.25, -0.2) is 0 Å². The normalized spacial score (nSPS) is 28.2. The van der Waals surface area contributed by atoms with E-state index in [2.05, 4.69) is 17.3 Å². The zero-order valence-corrected chi connectivity index (χ0v) is 15.3. The fourth-order valence-corrected chi connectivity index (χ4v) is 4.56. The molecule has 3 unspecified atom stereocenters. The maximum atomic E-state index is 13.3. The molecule has 136 valence electrons. The third kappa shape index (κ3) is 3.13. The second-order valence-electron chi connectivity index (χ2n) is 7.59. The predicted octanol–water partition coefficient (Wildman–Crippen LogP) is 2.06. The van der Waals surface area contributed by atoms with Crippen molar-refractivity contribution in [3.8, 4) is 0 Å². The van der Waals surface area contributed by atoms with Crippen LogP contribution in [0.3, 0.4) is 0 Å². The summed E-state index contributed by atoms with van der Waals surface area (Å²) in [6.45, 7) is 6.32. The van der Waals surface area contributed by atoms with E-state index in [1.165, 1.54) is 12.8 Å². The number of rotatable bonds is 5. The van der Waals surface area contributed by atoms with E-state index in [-0.39, 0.29) is 12.2 Å². The molecular formula is C19H27N3O3. The Labute approximate surface area is 148 Å². The maximum Gasteiger partial charge on any atom is 0.257 e. The van der Waals surface area contributed by atoms with Crippen molar-refractivity contribution in [1.82, 2.24) is 14.7 Å². The van der Waals surface area contributed by atoms with Gasteiger partial charge in [0.15, 0.2) is 6.29 Å². The van der Waals surface area contributed by atoms with Gasteiger partial charge in [-0.1, -0.05) is 12.2 Å². The third-order valence-corrected chi connectivity index (χ3v) is 5.94. The molecule has 1 aromatic rings. The summed E-state index contributed by atoms with van der Waals surface area (Å²) in [7, 11) is 1.88. The van der Waals surface area contributed by atoms with Gasteiger partial charge in [-0.3, -0.25) is 9.48 Å². The molecule has 2 heterocycles. The monoisotopic (exact) mass is 345 g/mol. The van der Waals surface area contributed by atoms with Crippen LogP contribution >= 0.6 is 0 Å². The van der Waals surface area contributed by atoms with Crippen LogP contribution in [0.2, 0.25) is 0 Å². The van der Waals surface area contributed by atoms with E-state index >= 15 is 0 Å². The molecule has 0 spiro atoms. The molecule has 0 aromatic carbocycles. The van der Waals surface area contributed by atoms with Crippen LogP contribution in [0.1, 0.15) is 34.6 Å². The van der Waals surface area contributed by atoms with Crippen LogP contribution in [0.25, 0.3) is 0 Å². The van der Waals surface area contributed by atoms with E-state index in [1.807, 2.05) is 25.8 Å². The van der Waals surface area contributed by atoms with Crippen LogP contribution in [-0.4, -0.2) is 53.2 Å². The van der Waals surface area contributed by atoms with E-state index in [0.29, 0.717) is 37.5 Å². The molecule has 3 atom stereocenters. The second-order valence-corrected chi connectivity index (χ2v) is 7.59. The molecule has 0 radical (unpaired) electrons. The number of nitrogens with zero attached hydrogens (tertiary/aromatic N) is 3. The van der Waals surface area contributed by atoms with Gasteiger partial charge in [-0.15, -0.1) is 0 Å². The minimum atomic E-state index is -0.310. The Morgan fingerprint density at radius 1 is 1.24 bits per heavy atom. The van der Waals surface area contributed by atoms with Gasteiger partial charge in [0.05, 0.1) is 31.0 Å². The van der Waals surface area contributed by atoms with Crippen LogP contribution < -0.4 is 0 Å². The van der Waals surface area contributed by atoms with Crippen molar-refractivity contribution >= 4 is 5.91 Å². The summed E-state index contributed by atoms with van der Waals surface area (Å²) in [6, 6.07) is 0. The van der Waals surface area contributed by atoms with Crippen molar-refractivity contribution in [3.05, 3.63) is 29.1 Å². The van der Waals surface area contributed by atoms with E-state index in [4.69, 9.17) is 9.47 Å². The number of hydrogen-bond acceptors (Lipinski definition) is 4. The molecule has 2 aliphatic carbocycles. The number of carbonyl (C=O) groups excluding carboxylic acids is 1. The highest BCUT2D eigenvalue weighted by Crippen LogP contribution is 2.43. The molecule has 1 aliphatic heterocycles. The van der Waals surface area contributed by atoms with Crippen molar-refractivity contribution in [1.29, 1.82) is 0 Å². The number of fused-ring (bicyclic) bond motifs is 2. The highest BCUT2D eigenvalue weighted by molar-refractivity contribution is 5.96. The highest BCUT2D eigenvalue weighted by atomic mass is 16.7. The van der Waals surface area contributed by atoms with Gasteiger partial charge in [0.1, 0.15) is 0 Å². The first-order chi connectivity index (χ1) is 12.0. The number of allylic oxidation sites excluding steroid dienone is 2. The molecule has 0 N–H and O–H groups in total. The highest BCUT2D eigenvalue weighted by Gasteiger charge is 2.38.